The van der Waals surface area contributed by atoms with E-state index < -0.39 is 6.09 Å². The highest BCUT2D eigenvalue weighted by atomic mass is 19.1. The Morgan fingerprint density at radius 3 is 2.72 bits per heavy atom. The molecule has 1 aromatic heterocycles. The van der Waals surface area contributed by atoms with Crippen LogP contribution in [0.5, 0.6) is 5.75 Å². The van der Waals surface area contributed by atoms with Crippen molar-refractivity contribution in [3.63, 3.8) is 0 Å². The SMILES string of the molecule is CCCCNC(=O)Oc1ccc2c(N3CCCN(CCCC(=O)c4ccc(F)cc4)CC3)noc2c1. The first-order valence-corrected chi connectivity index (χ1v) is 12.6. The van der Waals surface area contributed by atoms with Gasteiger partial charge in [-0.25, -0.2) is 9.18 Å². The molecule has 0 unspecified atom stereocenters. The number of aromatic nitrogens is 1. The molecule has 8 nitrogen and oxygen atoms in total. The minimum Gasteiger partial charge on any atom is -0.410 e. The third-order valence-electron chi connectivity index (χ3n) is 6.37. The zero-order valence-electron chi connectivity index (χ0n) is 20.7. The lowest BCUT2D eigenvalue weighted by Gasteiger charge is -2.21. The summed E-state index contributed by atoms with van der Waals surface area (Å²) >= 11 is 0. The Morgan fingerprint density at radius 1 is 1.08 bits per heavy atom. The van der Waals surface area contributed by atoms with Gasteiger partial charge in [0.05, 0.1) is 5.39 Å². The summed E-state index contributed by atoms with van der Waals surface area (Å²) in [7, 11) is 0. The molecule has 1 aliphatic rings. The smallest absolute Gasteiger partial charge is 0.410 e. The molecule has 192 valence electrons. The van der Waals surface area contributed by atoms with Crippen LogP contribution in [0.4, 0.5) is 15.0 Å². The number of anilines is 1. The summed E-state index contributed by atoms with van der Waals surface area (Å²) in [5.41, 5.74) is 1.13. The minimum atomic E-state index is -0.477. The van der Waals surface area contributed by atoms with Crippen molar-refractivity contribution in [3.8, 4) is 5.75 Å². The molecule has 1 amide bonds. The molecule has 0 bridgehead atoms. The molecule has 2 heterocycles. The summed E-state index contributed by atoms with van der Waals surface area (Å²) in [6, 6.07) is 11.0. The van der Waals surface area contributed by atoms with E-state index in [0.29, 0.717) is 29.9 Å². The van der Waals surface area contributed by atoms with E-state index in [9.17, 15) is 14.0 Å². The lowest BCUT2D eigenvalue weighted by molar-refractivity contribution is 0.0975. The Hall–Kier alpha value is -3.46. The zero-order valence-corrected chi connectivity index (χ0v) is 20.7. The molecule has 9 heteroatoms. The van der Waals surface area contributed by atoms with Gasteiger partial charge in [-0.15, -0.1) is 0 Å². The Balaban J connectivity index is 1.28. The molecule has 1 N–H and O–H groups in total. The summed E-state index contributed by atoms with van der Waals surface area (Å²) in [6.45, 7) is 6.93. The Morgan fingerprint density at radius 2 is 1.92 bits per heavy atom. The summed E-state index contributed by atoms with van der Waals surface area (Å²) in [6.07, 6.45) is 3.60. The van der Waals surface area contributed by atoms with E-state index in [-0.39, 0.29) is 11.6 Å². The van der Waals surface area contributed by atoms with E-state index in [4.69, 9.17) is 9.26 Å². The lowest BCUT2D eigenvalue weighted by atomic mass is 10.1. The topological polar surface area (TPSA) is 87.9 Å². The Bertz CT molecular complexity index is 1160. The van der Waals surface area contributed by atoms with Crippen LogP contribution in [0, 0.1) is 5.82 Å². The monoisotopic (exact) mass is 496 g/mol. The number of carbonyl (C=O) groups excluding carboxylic acids is 2. The van der Waals surface area contributed by atoms with Crippen LogP contribution >= 0.6 is 0 Å². The van der Waals surface area contributed by atoms with E-state index in [1.807, 2.05) is 6.07 Å². The molecular formula is C27H33FN4O4. The average Bonchev–Trinajstić information content (AvgIpc) is 3.15. The maximum absolute atomic E-state index is 13.1. The largest absolute Gasteiger partial charge is 0.412 e. The van der Waals surface area contributed by atoms with E-state index in [1.54, 1.807) is 24.3 Å². The van der Waals surface area contributed by atoms with Crippen molar-refractivity contribution < 1.29 is 23.2 Å². The summed E-state index contributed by atoms with van der Waals surface area (Å²) in [4.78, 5) is 28.8. The lowest BCUT2D eigenvalue weighted by Crippen LogP contribution is -2.31. The van der Waals surface area contributed by atoms with E-state index in [1.165, 1.54) is 12.1 Å². The summed E-state index contributed by atoms with van der Waals surface area (Å²) < 4.78 is 24.0. The Labute approximate surface area is 210 Å². The van der Waals surface area contributed by atoms with Crippen LogP contribution in [-0.4, -0.2) is 61.2 Å². The number of fused-ring (bicyclic) bond motifs is 1. The number of unbranched alkanes of at least 4 members (excludes halogenated alkanes) is 1. The normalized spacial score (nSPS) is 14.6. The molecule has 1 saturated heterocycles. The number of Topliss-reactive ketones (excluding diaryl/α,β-unsaturated/α-hetero) is 1. The molecule has 0 radical (unpaired) electrons. The highest BCUT2D eigenvalue weighted by molar-refractivity contribution is 5.96. The highest BCUT2D eigenvalue weighted by Gasteiger charge is 2.21. The van der Waals surface area contributed by atoms with Gasteiger partial charge in [-0.05, 0) is 68.8 Å². The molecule has 1 fully saturated rings. The molecule has 3 aromatic rings. The first-order chi connectivity index (χ1) is 17.5. The van der Waals surface area contributed by atoms with Crippen molar-refractivity contribution >= 4 is 28.7 Å². The number of nitrogens with one attached hydrogen (secondary N) is 1. The quantitative estimate of drug-likeness (QED) is 0.311. The van der Waals surface area contributed by atoms with Crippen molar-refractivity contribution in [1.82, 2.24) is 15.4 Å². The minimum absolute atomic E-state index is 0.0438. The van der Waals surface area contributed by atoms with E-state index in [0.717, 1.165) is 69.6 Å². The second kappa shape index (κ2) is 12.5. The second-order valence-corrected chi connectivity index (χ2v) is 9.05. The molecule has 0 aliphatic carbocycles. The molecule has 0 spiro atoms. The maximum atomic E-state index is 13.1. The van der Waals surface area contributed by atoms with E-state index >= 15 is 0 Å². The van der Waals surface area contributed by atoms with Crippen LogP contribution < -0.4 is 15.0 Å². The fraction of sp³-hybridized carbons (Fsp3) is 0.444. The number of amides is 1. The van der Waals surface area contributed by atoms with Crippen LogP contribution in [0.3, 0.4) is 0 Å². The molecule has 0 saturated carbocycles. The van der Waals surface area contributed by atoms with Gasteiger partial charge >= 0.3 is 6.09 Å². The van der Waals surface area contributed by atoms with Crippen LogP contribution in [-0.2, 0) is 0 Å². The third-order valence-corrected chi connectivity index (χ3v) is 6.37. The van der Waals surface area contributed by atoms with Gasteiger partial charge < -0.3 is 24.4 Å². The number of hydrogen-bond acceptors (Lipinski definition) is 7. The number of halogens is 1. The summed E-state index contributed by atoms with van der Waals surface area (Å²) in [5.74, 6) is 0.913. The first kappa shape index (κ1) is 25.6. The molecular weight excluding hydrogens is 463 g/mol. The first-order valence-electron chi connectivity index (χ1n) is 12.6. The van der Waals surface area contributed by atoms with Gasteiger partial charge in [0.25, 0.3) is 0 Å². The van der Waals surface area contributed by atoms with Crippen molar-refractivity contribution in [2.75, 3.05) is 44.2 Å². The van der Waals surface area contributed by atoms with Crippen LogP contribution in [0.2, 0.25) is 0 Å². The Kier molecular flexibility index (Phi) is 8.89. The van der Waals surface area contributed by atoms with Gasteiger partial charge in [0.15, 0.2) is 17.2 Å². The van der Waals surface area contributed by atoms with Crippen molar-refractivity contribution in [2.24, 2.45) is 0 Å². The van der Waals surface area contributed by atoms with Gasteiger partial charge in [0.1, 0.15) is 11.6 Å². The number of carbonyl (C=O) groups is 2. The second-order valence-electron chi connectivity index (χ2n) is 9.05. The fourth-order valence-electron chi connectivity index (χ4n) is 4.36. The van der Waals surface area contributed by atoms with Gasteiger partial charge in [0, 0.05) is 44.2 Å². The summed E-state index contributed by atoms with van der Waals surface area (Å²) in [5, 5.41) is 7.90. The third kappa shape index (κ3) is 6.81. The number of ether oxygens (including phenoxy) is 1. The number of ketones is 1. The van der Waals surface area contributed by atoms with Crippen LogP contribution in [0.1, 0.15) is 49.4 Å². The highest BCUT2D eigenvalue weighted by Crippen LogP contribution is 2.30. The predicted molar refractivity (Wildman–Crippen MR) is 136 cm³/mol. The molecule has 2 aromatic carbocycles. The molecule has 1 aliphatic heterocycles. The van der Waals surface area contributed by atoms with Crippen molar-refractivity contribution in [3.05, 3.63) is 53.8 Å². The fourth-order valence-corrected chi connectivity index (χ4v) is 4.36. The van der Waals surface area contributed by atoms with Gasteiger partial charge in [-0.2, -0.15) is 0 Å². The van der Waals surface area contributed by atoms with Crippen LogP contribution in [0.15, 0.2) is 47.0 Å². The number of rotatable bonds is 10. The van der Waals surface area contributed by atoms with Crippen molar-refractivity contribution in [2.45, 2.75) is 39.0 Å². The maximum Gasteiger partial charge on any atom is 0.412 e. The van der Waals surface area contributed by atoms with Gasteiger partial charge in [-0.3, -0.25) is 4.79 Å². The van der Waals surface area contributed by atoms with E-state index in [2.05, 4.69) is 27.2 Å². The van der Waals surface area contributed by atoms with Crippen LogP contribution in [0.25, 0.3) is 11.0 Å². The molecule has 36 heavy (non-hydrogen) atoms. The number of nitrogens with zero attached hydrogens (tertiary/aromatic N) is 3. The van der Waals surface area contributed by atoms with Gasteiger partial charge in [-0.1, -0.05) is 18.5 Å². The number of hydrogen-bond donors (Lipinski definition) is 1. The standard InChI is InChI=1S/C27H33FN4O4/c1-2-3-13-29-27(34)35-22-11-12-23-25(19-22)36-30-26(23)32-16-5-15-31(17-18-32)14-4-6-24(33)20-7-9-21(28)10-8-20/h7-12,19H,2-6,13-18H2,1H3,(H,29,34). The average molecular weight is 497 g/mol. The van der Waals surface area contributed by atoms with Crippen molar-refractivity contribution in [1.29, 1.82) is 0 Å². The predicted octanol–water partition coefficient (Wildman–Crippen LogP) is 5.03. The zero-order chi connectivity index (χ0) is 25.3. The van der Waals surface area contributed by atoms with Gasteiger partial charge in [0.2, 0.25) is 0 Å². The number of benzene rings is 2. The molecule has 4 rings (SSSR count). The molecule has 0 atom stereocenters.